The number of amides is 2. The van der Waals surface area contributed by atoms with Gasteiger partial charge in [0.2, 0.25) is 5.91 Å². The fourth-order valence-corrected chi connectivity index (χ4v) is 1.96. The van der Waals surface area contributed by atoms with Crippen molar-refractivity contribution >= 4 is 11.8 Å². The summed E-state index contributed by atoms with van der Waals surface area (Å²) in [6.45, 7) is 7.82. The number of benzene rings is 1. The molecule has 0 heterocycles. The summed E-state index contributed by atoms with van der Waals surface area (Å²) in [7, 11) is 0. The predicted molar refractivity (Wildman–Crippen MR) is 80.7 cm³/mol. The number of carbonyl (C=O) groups is 2. The summed E-state index contributed by atoms with van der Waals surface area (Å²) < 4.78 is 0. The van der Waals surface area contributed by atoms with Gasteiger partial charge >= 0.3 is 0 Å². The van der Waals surface area contributed by atoms with Crippen LogP contribution in [0.15, 0.2) is 24.3 Å². The van der Waals surface area contributed by atoms with E-state index in [0.29, 0.717) is 25.1 Å². The van der Waals surface area contributed by atoms with E-state index in [1.807, 2.05) is 49.9 Å². The third-order valence-corrected chi connectivity index (χ3v) is 3.24. The highest BCUT2D eigenvalue weighted by atomic mass is 16.2. The van der Waals surface area contributed by atoms with E-state index in [4.69, 9.17) is 0 Å². The van der Waals surface area contributed by atoms with Gasteiger partial charge in [-0.05, 0) is 32.4 Å². The Morgan fingerprint density at radius 3 is 2.35 bits per heavy atom. The van der Waals surface area contributed by atoms with E-state index in [0.717, 1.165) is 18.5 Å². The zero-order valence-electron chi connectivity index (χ0n) is 12.6. The Bertz CT molecular complexity index is 440. The Labute approximate surface area is 121 Å². The summed E-state index contributed by atoms with van der Waals surface area (Å²) >= 11 is 0. The van der Waals surface area contributed by atoms with Gasteiger partial charge in [0.05, 0.1) is 0 Å². The van der Waals surface area contributed by atoms with Crippen LogP contribution in [0.4, 0.5) is 0 Å². The quantitative estimate of drug-likeness (QED) is 0.777. The van der Waals surface area contributed by atoms with Gasteiger partial charge in [-0.1, -0.05) is 24.6 Å². The second-order valence-electron chi connectivity index (χ2n) is 4.80. The highest BCUT2D eigenvalue weighted by Gasteiger charge is 2.09. The van der Waals surface area contributed by atoms with Crippen molar-refractivity contribution in [3.63, 3.8) is 0 Å². The first-order chi connectivity index (χ1) is 9.58. The van der Waals surface area contributed by atoms with Crippen LogP contribution in [0.2, 0.25) is 0 Å². The highest BCUT2D eigenvalue weighted by Crippen LogP contribution is 2.03. The van der Waals surface area contributed by atoms with E-state index < -0.39 is 0 Å². The molecule has 4 nitrogen and oxygen atoms in total. The van der Waals surface area contributed by atoms with Crippen molar-refractivity contribution in [3.05, 3.63) is 35.4 Å². The minimum absolute atomic E-state index is 0.0603. The van der Waals surface area contributed by atoms with E-state index in [1.165, 1.54) is 0 Å². The van der Waals surface area contributed by atoms with E-state index in [9.17, 15) is 9.59 Å². The van der Waals surface area contributed by atoms with Gasteiger partial charge in [0.1, 0.15) is 0 Å². The van der Waals surface area contributed by atoms with Gasteiger partial charge in [-0.3, -0.25) is 9.59 Å². The van der Waals surface area contributed by atoms with E-state index in [1.54, 1.807) is 0 Å². The molecule has 0 radical (unpaired) electrons. The Morgan fingerprint density at radius 1 is 1.15 bits per heavy atom. The van der Waals surface area contributed by atoms with Crippen molar-refractivity contribution in [1.82, 2.24) is 10.2 Å². The maximum absolute atomic E-state index is 11.9. The highest BCUT2D eigenvalue weighted by molar-refractivity contribution is 5.94. The number of nitrogens with zero attached hydrogens (tertiary/aromatic N) is 1. The molecule has 0 aliphatic carbocycles. The molecule has 1 N–H and O–H groups in total. The molecule has 0 spiro atoms. The van der Waals surface area contributed by atoms with E-state index in [2.05, 4.69) is 5.32 Å². The van der Waals surface area contributed by atoms with Gasteiger partial charge in [0.25, 0.3) is 5.91 Å². The van der Waals surface area contributed by atoms with Gasteiger partial charge in [-0.15, -0.1) is 0 Å². The lowest BCUT2D eigenvalue weighted by Gasteiger charge is -2.20. The second kappa shape index (κ2) is 8.35. The van der Waals surface area contributed by atoms with Crippen LogP contribution in [0.3, 0.4) is 0 Å². The van der Waals surface area contributed by atoms with Crippen molar-refractivity contribution in [2.75, 3.05) is 19.6 Å². The van der Waals surface area contributed by atoms with Crippen LogP contribution in [0.1, 0.15) is 42.6 Å². The molecular formula is C16H24N2O2. The molecule has 0 saturated carbocycles. The molecule has 4 heteroatoms. The summed E-state index contributed by atoms with van der Waals surface area (Å²) in [5, 5.41) is 2.88. The zero-order valence-corrected chi connectivity index (χ0v) is 12.6. The molecule has 0 bridgehead atoms. The van der Waals surface area contributed by atoms with Crippen LogP contribution in [0.5, 0.6) is 0 Å². The first-order valence-corrected chi connectivity index (χ1v) is 7.21. The Morgan fingerprint density at radius 2 is 1.80 bits per heavy atom. The van der Waals surface area contributed by atoms with Crippen LogP contribution >= 0.6 is 0 Å². The maximum atomic E-state index is 11.9. The number of hydrogen-bond donors (Lipinski definition) is 1. The standard InChI is InChI=1S/C16H24N2O2/c1-4-15(19)18(5-2)12-6-11-17-16(20)14-9-7-13(3)8-10-14/h7-10H,4-6,11-12H2,1-3H3,(H,17,20). The van der Waals surface area contributed by atoms with Gasteiger partial charge in [0.15, 0.2) is 0 Å². The molecule has 0 atom stereocenters. The monoisotopic (exact) mass is 276 g/mol. The number of hydrogen-bond acceptors (Lipinski definition) is 2. The molecule has 20 heavy (non-hydrogen) atoms. The van der Waals surface area contributed by atoms with Crippen molar-refractivity contribution in [2.24, 2.45) is 0 Å². The molecule has 2 amide bonds. The summed E-state index contributed by atoms with van der Waals surface area (Å²) in [6, 6.07) is 7.49. The lowest BCUT2D eigenvalue weighted by atomic mass is 10.1. The topological polar surface area (TPSA) is 49.4 Å². The number of nitrogens with one attached hydrogen (secondary N) is 1. The fraction of sp³-hybridized carbons (Fsp3) is 0.500. The van der Waals surface area contributed by atoms with Crippen molar-refractivity contribution in [3.8, 4) is 0 Å². The van der Waals surface area contributed by atoms with Crippen molar-refractivity contribution in [2.45, 2.75) is 33.6 Å². The normalized spacial score (nSPS) is 10.2. The van der Waals surface area contributed by atoms with Crippen LogP contribution in [-0.2, 0) is 4.79 Å². The van der Waals surface area contributed by atoms with Crippen molar-refractivity contribution in [1.29, 1.82) is 0 Å². The molecule has 0 aromatic heterocycles. The minimum atomic E-state index is -0.0603. The van der Waals surface area contributed by atoms with E-state index >= 15 is 0 Å². The summed E-state index contributed by atoms with van der Waals surface area (Å²) in [5.74, 6) is 0.104. The average molecular weight is 276 g/mol. The number of aryl methyl sites for hydroxylation is 1. The molecule has 1 aromatic carbocycles. The smallest absolute Gasteiger partial charge is 0.251 e. The maximum Gasteiger partial charge on any atom is 0.251 e. The molecule has 1 rings (SSSR count). The van der Waals surface area contributed by atoms with Gasteiger partial charge in [0, 0.05) is 31.6 Å². The van der Waals surface area contributed by atoms with Crippen molar-refractivity contribution < 1.29 is 9.59 Å². The van der Waals surface area contributed by atoms with Gasteiger partial charge < -0.3 is 10.2 Å². The number of rotatable bonds is 7. The van der Waals surface area contributed by atoms with Crippen LogP contribution in [0.25, 0.3) is 0 Å². The summed E-state index contributed by atoms with van der Waals surface area (Å²) in [6.07, 6.45) is 1.31. The van der Waals surface area contributed by atoms with Crippen LogP contribution in [-0.4, -0.2) is 36.3 Å². The molecule has 0 saturated heterocycles. The van der Waals surface area contributed by atoms with E-state index in [-0.39, 0.29) is 11.8 Å². The SMILES string of the molecule is CCC(=O)N(CC)CCCNC(=O)c1ccc(C)cc1. The third-order valence-electron chi connectivity index (χ3n) is 3.24. The molecule has 0 fully saturated rings. The van der Waals surface area contributed by atoms with Crippen LogP contribution in [0, 0.1) is 6.92 Å². The molecule has 0 aliphatic heterocycles. The lowest BCUT2D eigenvalue weighted by molar-refractivity contribution is -0.130. The van der Waals surface area contributed by atoms with Gasteiger partial charge in [-0.25, -0.2) is 0 Å². The Kier molecular flexibility index (Phi) is 6.77. The molecule has 1 aromatic rings. The first-order valence-electron chi connectivity index (χ1n) is 7.21. The predicted octanol–water partition coefficient (Wildman–Crippen LogP) is 2.37. The zero-order chi connectivity index (χ0) is 15.0. The second-order valence-corrected chi connectivity index (χ2v) is 4.80. The average Bonchev–Trinajstić information content (AvgIpc) is 2.47. The fourth-order valence-electron chi connectivity index (χ4n) is 1.96. The summed E-state index contributed by atoms with van der Waals surface area (Å²) in [5.41, 5.74) is 1.81. The molecule has 0 unspecified atom stereocenters. The minimum Gasteiger partial charge on any atom is -0.352 e. The first kappa shape index (κ1) is 16.2. The van der Waals surface area contributed by atoms with Crippen LogP contribution < -0.4 is 5.32 Å². The van der Waals surface area contributed by atoms with Gasteiger partial charge in [-0.2, -0.15) is 0 Å². The summed E-state index contributed by atoms with van der Waals surface area (Å²) in [4.78, 5) is 25.2. The number of carbonyl (C=O) groups excluding carboxylic acids is 2. The lowest BCUT2D eigenvalue weighted by Crippen LogP contribution is -2.33. The largest absolute Gasteiger partial charge is 0.352 e. The molecule has 110 valence electrons. The molecular weight excluding hydrogens is 252 g/mol. The Hall–Kier alpha value is -1.84. The Balaban J connectivity index is 2.32. The molecule has 0 aliphatic rings. The third kappa shape index (κ3) is 5.03.